The molecule has 0 aromatic rings. The van der Waals surface area contributed by atoms with Gasteiger partial charge >= 0.3 is 0 Å². The average molecular weight is 436 g/mol. The lowest BCUT2D eigenvalue weighted by atomic mass is 9.65. The van der Waals surface area contributed by atoms with Gasteiger partial charge in [0.25, 0.3) is 0 Å². The number of carbonyl (C=O) groups is 2. The second-order valence-electron chi connectivity index (χ2n) is 10.5. The number of nitrogens with zero attached hydrogens (tertiary/aromatic N) is 1. The molecule has 0 bridgehead atoms. The zero-order valence-corrected chi connectivity index (χ0v) is 21.0. The number of unbranched alkanes of at least 4 members (excludes halogenated alkanes) is 1. The van der Waals surface area contributed by atoms with E-state index >= 15 is 0 Å². The molecule has 0 aromatic carbocycles. The average Bonchev–Trinajstić information content (AvgIpc) is 3.15. The van der Waals surface area contributed by atoms with Gasteiger partial charge in [0, 0.05) is 23.2 Å². The number of nitrogens with one attached hydrogen (secondary N) is 1. The molecule has 2 amide bonds. The molecule has 6 heteroatoms. The van der Waals surface area contributed by atoms with Crippen LogP contribution in [0.3, 0.4) is 0 Å². The highest BCUT2D eigenvalue weighted by molar-refractivity contribution is 8.01. The topological polar surface area (TPSA) is 75.4 Å². The monoisotopic (exact) mass is 435 g/mol. The van der Waals surface area contributed by atoms with Crippen LogP contribution < -0.4 is 11.1 Å². The van der Waals surface area contributed by atoms with Crippen molar-refractivity contribution >= 4 is 23.8 Å². The molecule has 2 atom stereocenters. The molecule has 1 aliphatic carbocycles. The van der Waals surface area contributed by atoms with Crippen molar-refractivity contribution in [2.24, 2.45) is 22.5 Å². The van der Waals surface area contributed by atoms with Crippen LogP contribution in [0.2, 0.25) is 0 Å². The number of primary amides is 1. The molecule has 0 saturated heterocycles. The van der Waals surface area contributed by atoms with Gasteiger partial charge in [-0.3, -0.25) is 9.59 Å². The summed E-state index contributed by atoms with van der Waals surface area (Å²) in [6, 6.07) is 0. The van der Waals surface area contributed by atoms with E-state index in [9.17, 15) is 9.59 Å². The maximum absolute atomic E-state index is 13.2. The molecule has 1 saturated carbocycles. The molecule has 3 N–H and O–H groups in total. The molecule has 30 heavy (non-hydrogen) atoms. The largest absolute Gasteiger partial charge is 0.369 e. The van der Waals surface area contributed by atoms with Crippen LogP contribution in [-0.2, 0) is 9.59 Å². The van der Waals surface area contributed by atoms with Crippen LogP contribution in [0.1, 0.15) is 87.5 Å². The van der Waals surface area contributed by atoms with Gasteiger partial charge in [-0.15, -0.1) is 0 Å². The summed E-state index contributed by atoms with van der Waals surface area (Å²) >= 11 is 1.71. The van der Waals surface area contributed by atoms with Gasteiger partial charge in [-0.1, -0.05) is 34.1 Å². The predicted molar refractivity (Wildman–Crippen MR) is 126 cm³/mol. The molecular formula is C24H41N3O2S. The van der Waals surface area contributed by atoms with Gasteiger partial charge < -0.3 is 15.4 Å². The Labute approximate surface area is 187 Å². The Morgan fingerprint density at radius 1 is 1.23 bits per heavy atom. The van der Waals surface area contributed by atoms with Gasteiger partial charge in [-0.25, -0.2) is 0 Å². The summed E-state index contributed by atoms with van der Waals surface area (Å²) in [5.41, 5.74) is 7.00. The van der Waals surface area contributed by atoms with Crippen molar-refractivity contribution in [3.05, 3.63) is 22.3 Å². The van der Waals surface area contributed by atoms with Crippen LogP contribution in [0.4, 0.5) is 0 Å². The van der Waals surface area contributed by atoms with Gasteiger partial charge in [0.15, 0.2) is 0 Å². The number of hydrogen-bond acceptors (Lipinski definition) is 4. The minimum Gasteiger partial charge on any atom is -0.369 e. The van der Waals surface area contributed by atoms with Crippen LogP contribution in [0, 0.1) is 16.7 Å². The minimum atomic E-state index is -0.685. The number of hydrogen-bond donors (Lipinski definition) is 2. The van der Waals surface area contributed by atoms with Crippen LogP contribution in [0.15, 0.2) is 22.3 Å². The smallest absolute Gasteiger partial charge is 0.226 e. The fourth-order valence-electron chi connectivity index (χ4n) is 4.53. The highest BCUT2D eigenvalue weighted by Crippen LogP contribution is 2.61. The zero-order valence-electron chi connectivity index (χ0n) is 20.1. The van der Waals surface area contributed by atoms with Crippen molar-refractivity contribution in [2.45, 2.75) is 93.0 Å². The number of nitrogens with two attached hydrogens (primary N) is 1. The molecule has 1 heterocycles. The fraction of sp³-hybridized carbons (Fsp3) is 0.750. The summed E-state index contributed by atoms with van der Waals surface area (Å²) in [6.45, 7) is 17.5. The molecule has 170 valence electrons. The van der Waals surface area contributed by atoms with Gasteiger partial charge in [0.1, 0.15) is 0 Å². The number of carbonyl (C=O) groups excluding carboxylic acids is 2. The van der Waals surface area contributed by atoms with E-state index < -0.39 is 16.7 Å². The molecule has 1 aliphatic heterocycles. The summed E-state index contributed by atoms with van der Waals surface area (Å²) < 4.78 is 2.28. The lowest BCUT2D eigenvalue weighted by Gasteiger charge is -2.39. The highest BCUT2D eigenvalue weighted by atomic mass is 32.2. The first-order valence-corrected chi connectivity index (χ1v) is 12.1. The number of rotatable bonds is 7. The van der Waals surface area contributed by atoms with E-state index in [0.29, 0.717) is 13.0 Å². The Bertz CT molecular complexity index is 748. The summed E-state index contributed by atoms with van der Waals surface area (Å²) in [6.07, 6.45) is 6.87. The molecule has 2 rings (SSSR count). The molecule has 2 unspecified atom stereocenters. The third-order valence-electron chi connectivity index (χ3n) is 6.86. The van der Waals surface area contributed by atoms with Crippen LogP contribution in [-0.4, -0.2) is 28.2 Å². The van der Waals surface area contributed by atoms with Crippen molar-refractivity contribution in [3.8, 4) is 0 Å². The summed E-state index contributed by atoms with van der Waals surface area (Å²) in [4.78, 5) is 27.1. The van der Waals surface area contributed by atoms with Crippen LogP contribution >= 0.6 is 11.9 Å². The van der Waals surface area contributed by atoms with E-state index in [2.05, 4.69) is 43.5 Å². The first-order chi connectivity index (χ1) is 13.8. The highest BCUT2D eigenvalue weighted by Gasteiger charge is 2.60. The van der Waals surface area contributed by atoms with Crippen LogP contribution in [0.25, 0.3) is 0 Å². The van der Waals surface area contributed by atoms with Gasteiger partial charge in [0.05, 0.1) is 11.3 Å². The quantitative estimate of drug-likeness (QED) is 0.543. The van der Waals surface area contributed by atoms with Crippen molar-refractivity contribution in [2.75, 3.05) is 6.54 Å². The standard InChI is InChI=1S/C24H41N3O2S/c1-9-11-12-16-15-27(22(3,4)5)30-19(16)17-14-24(8,21(29)26-13-10-2)23(6,7)18(17)20(25)28/h15,18H,9-14H2,1-8H3,(H2,25,28)(H,26,29)/b19-17-. The lowest BCUT2D eigenvalue weighted by Crippen LogP contribution is -2.49. The molecule has 0 spiro atoms. The van der Waals surface area contributed by atoms with E-state index in [1.54, 1.807) is 11.9 Å². The number of amides is 2. The Hall–Kier alpha value is -1.43. The molecule has 0 aromatic heterocycles. The van der Waals surface area contributed by atoms with Crippen molar-refractivity contribution < 1.29 is 9.59 Å². The maximum Gasteiger partial charge on any atom is 0.226 e. The summed E-state index contributed by atoms with van der Waals surface area (Å²) in [7, 11) is 0. The lowest BCUT2D eigenvalue weighted by molar-refractivity contribution is -0.138. The maximum atomic E-state index is 13.2. The van der Waals surface area contributed by atoms with E-state index in [4.69, 9.17) is 5.73 Å². The second-order valence-corrected chi connectivity index (χ2v) is 11.5. The molecule has 1 fully saturated rings. The third kappa shape index (κ3) is 4.44. The molecule has 0 radical (unpaired) electrons. The summed E-state index contributed by atoms with van der Waals surface area (Å²) in [5, 5.41) is 3.07. The van der Waals surface area contributed by atoms with E-state index in [0.717, 1.165) is 36.2 Å². The SMILES string of the molecule is CCCCC1=CN(C(C)(C)C)S/C1=C1/CC(C)(C(=O)NCCC)C(C)(C)C1C(N)=O. The van der Waals surface area contributed by atoms with Crippen molar-refractivity contribution in [1.82, 2.24) is 9.62 Å². The summed E-state index contributed by atoms with van der Waals surface area (Å²) in [5.74, 6) is -0.771. The predicted octanol–water partition coefficient (Wildman–Crippen LogP) is 5.14. The minimum absolute atomic E-state index is 0.0194. The molecule has 2 aliphatic rings. The Morgan fingerprint density at radius 2 is 1.87 bits per heavy atom. The normalized spacial score (nSPS) is 28.6. The molecule has 5 nitrogen and oxygen atoms in total. The van der Waals surface area contributed by atoms with E-state index in [-0.39, 0.29) is 17.4 Å². The van der Waals surface area contributed by atoms with E-state index in [1.807, 2.05) is 27.7 Å². The zero-order chi connectivity index (χ0) is 22.9. The fourth-order valence-corrected chi connectivity index (χ4v) is 5.76. The van der Waals surface area contributed by atoms with E-state index in [1.165, 1.54) is 5.57 Å². The van der Waals surface area contributed by atoms with Crippen molar-refractivity contribution in [1.29, 1.82) is 0 Å². The van der Waals surface area contributed by atoms with Gasteiger partial charge in [-0.2, -0.15) is 0 Å². The van der Waals surface area contributed by atoms with Crippen LogP contribution in [0.5, 0.6) is 0 Å². The Balaban J connectivity index is 2.59. The Kier molecular flexibility index (Phi) is 7.43. The van der Waals surface area contributed by atoms with Gasteiger partial charge in [0.2, 0.25) is 11.8 Å². The first-order valence-electron chi connectivity index (χ1n) is 11.3. The Morgan fingerprint density at radius 3 is 2.37 bits per heavy atom. The molecular weight excluding hydrogens is 394 g/mol. The number of allylic oxidation sites excluding steroid dienone is 1. The second kappa shape index (κ2) is 8.97. The first kappa shape index (κ1) is 24.8. The van der Waals surface area contributed by atoms with Gasteiger partial charge in [-0.05, 0) is 81.9 Å². The third-order valence-corrected chi connectivity index (χ3v) is 8.42. The van der Waals surface area contributed by atoms with Crippen molar-refractivity contribution in [3.63, 3.8) is 0 Å².